The van der Waals surface area contributed by atoms with E-state index in [4.69, 9.17) is 9.72 Å². The molecule has 1 aliphatic carbocycles. The van der Waals surface area contributed by atoms with Gasteiger partial charge in [0.15, 0.2) is 0 Å². The Labute approximate surface area is 136 Å². The molecule has 0 bridgehead atoms. The van der Waals surface area contributed by atoms with Crippen molar-refractivity contribution in [2.45, 2.75) is 62.7 Å². The number of nitrogens with zero attached hydrogens (tertiary/aromatic N) is 2. The predicted octanol–water partition coefficient (Wildman–Crippen LogP) is 4.35. The van der Waals surface area contributed by atoms with Crippen LogP contribution in [0.1, 0.15) is 61.1 Å². The molecular weight excluding hydrogens is 292 g/mol. The van der Waals surface area contributed by atoms with Crippen LogP contribution in [0.5, 0.6) is 0 Å². The summed E-state index contributed by atoms with van der Waals surface area (Å²) in [4.78, 5) is 4.81. The van der Waals surface area contributed by atoms with Gasteiger partial charge in [0, 0.05) is 17.0 Å². The zero-order valence-corrected chi connectivity index (χ0v) is 13.9. The van der Waals surface area contributed by atoms with Crippen molar-refractivity contribution >= 4 is 11.8 Å². The van der Waals surface area contributed by atoms with E-state index in [0.29, 0.717) is 0 Å². The van der Waals surface area contributed by atoms with Gasteiger partial charge in [0.05, 0.1) is 17.8 Å². The van der Waals surface area contributed by atoms with Gasteiger partial charge in [0.25, 0.3) is 0 Å². The molecule has 116 valence electrons. The van der Waals surface area contributed by atoms with Gasteiger partial charge >= 0.3 is 0 Å². The molecule has 0 amide bonds. The van der Waals surface area contributed by atoms with Crippen molar-refractivity contribution in [3.63, 3.8) is 0 Å². The van der Waals surface area contributed by atoms with Gasteiger partial charge in [-0.3, -0.25) is 0 Å². The van der Waals surface area contributed by atoms with Crippen LogP contribution >= 0.6 is 11.8 Å². The van der Waals surface area contributed by atoms with Gasteiger partial charge in [-0.1, -0.05) is 6.08 Å². The summed E-state index contributed by atoms with van der Waals surface area (Å²) in [5.74, 6) is 0.780. The fraction of sp³-hybridized carbons (Fsp3) is 0.556. The number of pyridine rings is 1. The Balaban J connectivity index is 2.10. The summed E-state index contributed by atoms with van der Waals surface area (Å²) in [6.07, 6.45) is 8.74. The molecule has 0 aromatic carbocycles. The van der Waals surface area contributed by atoms with E-state index in [1.807, 2.05) is 6.08 Å². The molecule has 2 heterocycles. The van der Waals surface area contributed by atoms with Gasteiger partial charge in [-0.15, -0.1) is 18.3 Å². The summed E-state index contributed by atoms with van der Waals surface area (Å²) >= 11 is 1.61. The third-order valence-corrected chi connectivity index (χ3v) is 5.46. The second-order valence-corrected chi connectivity index (χ2v) is 7.07. The zero-order chi connectivity index (χ0) is 15.5. The number of aromatic nitrogens is 1. The van der Waals surface area contributed by atoms with Crippen molar-refractivity contribution in [1.29, 1.82) is 5.26 Å². The number of ether oxygens (including phenoxy) is 1. The first kappa shape index (κ1) is 15.6. The van der Waals surface area contributed by atoms with E-state index in [1.165, 1.54) is 24.1 Å². The highest BCUT2D eigenvalue weighted by Crippen LogP contribution is 2.41. The first-order valence-corrected chi connectivity index (χ1v) is 9.08. The van der Waals surface area contributed by atoms with Crippen LogP contribution < -0.4 is 0 Å². The van der Waals surface area contributed by atoms with E-state index >= 15 is 0 Å². The molecule has 1 saturated heterocycles. The molecule has 1 aliphatic heterocycles. The Kier molecular flexibility index (Phi) is 4.85. The summed E-state index contributed by atoms with van der Waals surface area (Å²) in [6, 6.07) is 2.42. The highest BCUT2D eigenvalue weighted by molar-refractivity contribution is 7.99. The minimum atomic E-state index is 0.0718. The van der Waals surface area contributed by atoms with Crippen LogP contribution in [0.2, 0.25) is 0 Å². The molecule has 0 radical (unpaired) electrons. The maximum atomic E-state index is 9.74. The second kappa shape index (κ2) is 6.85. The zero-order valence-electron chi connectivity index (χ0n) is 13.1. The van der Waals surface area contributed by atoms with Crippen molar-refractivity contribution in [2.24, 2.45) is 0 Å². The highest BCUT2D eigenvalue weighted by atomic mass is 32.2. The molecule has 0 spiro atoms. The lowest BCUT2D eigenvalue weighted by atomic mass is 9.87. The molecule has 1 fully saturated rings. The van der Waals surface area contributed by atoms with Crippen LogP contribution in [0.15, 0.2) is 17.7 Å². The molecule has 2 aliphatic rings. The first-order valence-electron chi connectivity index (χ1n) is 8.09. The molecule has 4 heteroatoms. The molecule has 1 aromatic rings. The van der Waals surface area contributed by atoms with Crippen molar-refractivity contribution < 1.29 is 4.74 Å². The fourth-order valence-electron chi connectivity index (χ4n) is 3.47. The Bertz CT molecular complexity index is 620. The number of rotatable bonds is 4. The first-order chi connectivity index (χ1) is 10.7. The Morgan fingerprint density at radius 2 is 2.23 bits per heavy atom. The molecule has 0 saturated carbocycles. The smallest absolute Gasteiger partial charge is 0.115 e. The SMILES string of the molecule is C=CCSc1nc2c(c(C3CCC(C)O3)c1C#N)CCCC2. The molecule has 0 N–H and O–H groups in total. The van der Waals surface area contributed by atoms with E-state index < -0.39 is 0 Å². The van der Waals surface area contributed by atoms with E-state index in [1.54, 1.807) is 11.8 Å². The van der Waals surface area contributed by atoms with Gasteiger partial charge < -0.3 is 4.74 Å². The van der Waals surface area contributed by atoms with E-state index in [9.17, 15) is 5.26 Å². The average Bonchev–Trinajstić information content (AvgIpc) is 2.97. The summed E-state index contributed by atoms with van der Waals surface area (Å²) in [6.45, 7) is 5.89. The summed E-state index contributed by atoms with van der Waals surface area (Å²) < 4.78 is 6.11. The summed E-state index contributed by atoms with van der Waals surface area (Å²) in [7, 11) is 0. The Morgan fingerprint density at radius 3 is 2.91 bits per heavy atom. The number of thioether (sulfide) groups is 1. The van der Waals surface area contributed by atoms with Crippen LogP contribution in [0.3, 0.4) is 0 Å². The lowest BCUT2D eigenvalue weighted by Gasteiger charge is -2.24. The number of aryl methyl sites for hydroxylation is 1. The standard InChI is InChI=1S/C18H22N2OS/c1-3-10-22-18-14(11-19)17(16-9-8-12(2)21-16)13-6-4-5-7-15(13)20-18/h3,12,16H,1,4-10H2,2H3. The van der Waals surface area contributed by atoms with E-state index in [2.05, 4.69) is 19.6 Å². The number of hydrogen-bond acceptors (Lipinski definition) is 4. The fourth-order valence-corrected chi connectivity index (χ4v) is 4.22. The lowest BCUT2D eigenvalue weighted by Crippen LogP contribution is -2.15. The molecule has 3 rings (SSSR count). The van der Waals surface area contributed by atoms with Crippen LogP contribution in [-0.2, 0) is 17.6 Å². The summed E-state index contributed by atoms with van der Waals surface area (Å²) in [5, 5.41) is 10.6. The minimum Gasteiger partial charge on any atom is -0.371 e. The monoisotopic (exact) mass is 314 g/mol. The van der Waals surface area contributed by atoms with Crippen molar-refractivity contribution in [3.8, 4) is 6.07 Å². The lowest BCUT2D eigenvalue weighted by molar-refractivity contribution is 0.0545. The maximum Gasteiger partial charge on any atom is 0.115 e. The molecule has 2 unspecified atom stereocenters. The quantitative estimate of drug-likeness (QED) is 0.612. The topological polar surface area (TPSA) is 45.9 Å². The Morgan fingerprint density at radius 1 is 1.41 bits per heavy atom. The van der Waals surface area contributed by atoms with Gasteiger partial charge in [-0.05, 0) is 51.0 Å². The van der Waals surface area contributed by atoms with Gasteiger partial charge in [-0.25, -0.2) is 4.98 Å². The van der Waals surface area contributed by atoms with Crippen LogP contribution in [-0.4, -0.2) is 16.8 Å². The number of nitriles is 1. The largest absolute Gasteiger partial charge is 0.371 e. The molecule has 2 atom stereocenters. The third kappa shape index (κ3) is 2.93. The summed E-state index contributed by atoms with van der Waals surface area (Å²) in [5.41, 5.74) is 4.37. The normalized spacial score (nSPS) is 23.8. The second-order valence-electron chi connectivity index (χ2n) is 6.06. The van der Waals surface area contributed by atoms with Crippen LogP contribution in [0, 0.1) is 11.3 Å². The highest BCUT2D eigenvalue weighted by Gasteiger charge is 2.31. The third-order valence-electron chi connectivity index (χ3n) is 4.49. The predicted molar refractivity (Wildman–Crippen MR) is 89.0 cm³/mol. The van der Waals surface area contributed by atoms with Crippen LogP contribution in [0.4, 0.5) is 0 Å². The van der Waals surface area contributed by atoms with Gasteiger partial charge in [0.1, 0.15) is 11.1 Å². The average molecular weight is 314 g/mol. The van der Waals surface area contributed by atoms with Crippen molar-refractivity contribution in [3.05, 3.63) is 35.0 Å². The van der Waals surface area contributed by atoms with Crippen LogP contribution in [0.25, 0.3) is 0 Å². The van der Waals surface area contributed by atoms with E-state index in [-0.39, 0.29) is 12.2 Å². The molecule has 22 heavy (non-hydrogen) atoms. The number of fused-ring (bicyclic) bond motifs is 1. The van der Waals surface area contributed by atoms with E-state index in [0.717, 1.165) is 47.6 Å². The van der Waals surface area contributed by atoms with Gasteiger partial charge in [-0.2, -0.15) is 5.26 Å². The molecular formula is C18H22N2OS. The maximum absolute atomic E-state index is 9.74. The molecule has 1 aromatic heterocycles. The minimum absolute atomic E-state index is 0.0718. The Hall–Kier alpha value is -1.31. The van der Waals surface area contributed by atoms with Crippen molar-refractivity contribution in [1.82, 2.24) is 4.98 Å². The van der Waals surface area contributed by atoms with Crippen molar-refractivity contribution in [2.75, 3.05) is 5.75 Å². The number of hydrogen-bond donors (Lipinski definition) is 0. The van der Waals surface area contributed by atoms with Gasteiger partial charge in [0.2, 0.25) is 0 Å². The molecule has 3 nitrogen and oxygen atoms in total.